The van der Waals surface area contributed by atoms with Gasteiger partial charge in [0.1, 0.15) is 5.69 Å². The standard InChI is InChI=1S/C14H22N4O2/c1-20-10-11-3-6-18(7-4-11)9-12-2-5-16-13(8-12)14(15)17-19/h2,5,8,11,19H,3-4,6-7,9-10H2,1H3,(H2,15,17). The van der Waals surface area contributed by atoms with Crippen LogP contribution in [-0.4, -0.2) is 47.7 Å². The van der Waals surface area contributed by atoms with Gasteiger partial charge in [-0.15, -0.1) is 0 Å². The van der Waals surface area contributed by atoms with Gasteiger partial charge in [0.25, 0.3) is 0 Å². The molecule has 0 spiro atoms. The van der Waals surface area contributed by atoms with Gasteiger partial charge in [-0.25, -0.2) is 0 Å². The third-order valence-electron chi connectivity index (χ3n) is 3.71. The Hall–Kier alpha value is -1.66. The van der Waals surface area contributed by atoms with Crippen molar-refractivity contribution in [3.63, 3.8) is 0 Å². The Labute approximate surface area is 119 Å². The van der Waals surface area contributed by atoms with Gasteiger partial charge in [0.2, 0.25) is 0 Å². The molecule has 0 bridgehead atoms. The van der Waals surface area contributed by atoms with E-state index in [1.165, 1.54) is 12.8 Å². The minimum atomic E-state index is 0.0469. The van der Waals surface area contributed by atoms with Crippen LogP contribution in [0.15, 0.2) is 23.5 Å². The van der Waals surface area contributed by atoms with Crippen molar-refractivity contribution in [3.8, 4) is 0 Å². The van der Waals surface area contributed by atoms with Crippen molar-refractivity contribution >= 4 is 5.84 Å². The number of oxime groups is 1. The van der Waals surface area contributed by atoms with Gasteiger partial charge in [0, 0.05) is 26.5 Å². The average molecular weight is 278 g/mol. The maximum Gasteiger partial charge on any atom is 0.188 e. The van der Waals surface area contributed by atoms with Crippen molar-refractivity contribution in [1.29, 1.82) is 0 Å². The summed E-state index contributed by atoms with van der Waals surface area (Å²) in [4.78, 5) is 6.50. The van der Waals surface area contributed by atoms with E-state index in [0.717, 1.165) is 31.8 Å². The van der Waals surface area contributed by atoms with Crippen molar-refractivity contribution in [2.45, 2.75) is 19.4 Å². The van der Waals surface area contributed by atoms with Gasteiger partial charge in [-0.1, -0.05) is 5.16 Å². The molecule has 1 saturated heterocycles. The predicted molar refractivity (Wildman–Crippen MR) is 76.6 cm³/mol. The van der Waals surface area contributed by atoms with E-state index in [2.05, 4.69) is 15.0 Å². The number of amidine groups is 1. The molecule has 0 aromatic carbocycles. The zero-order valence-electron chi connectivity index (χ0n) is 11.8. The largest absolute Gasteiger partial charge is 0.409 e. The average Bonchev–Trinajstić information content (AvgIpc) is 2.49. The number of rotatable bonds is 5. The van der Waals surface area contributed by atoms with Crippen LogP contribution in [-0.2, 0) is 11.3 Å². The van der Waals surface area contributed by atoms with Crippen molar-refractivity contribution in [1.82, 2.24) is 9.88 Å². The second kappa shape index (κ2) is 7.21. The molecule has 2 rings (SSSR count). The van der Waals surface area contributed by atoms with E-state index in [1.54, 1.807) is 13.3 Å². The molecule has 6 nitrogen and oxygen atoms in total. The molecule has 3 N–H and O–H groups in total. The number of nitrogens with zero attached hydrogens (tertiary/aromatic N) is 3. The summed E-state index contributed by atoms with van der Waals surface area (Å²) in [6, 6.07) is 3.84. The number of nitrogens with two attached hydrogens (primary N) is 1. The molecule has 0 aliphatic carbocycles. The van der Waals surface area contributed by atoms with E-state index in [-0.39, 0.29) is 5.84 Å². The lowest BCUT2D eigenvalue weighted by Crippen LogP contribution is -2.34. The number of hydrogen-bond donors (Lipinski definition) is 2. The third-order valence-corrected chi connectivity index (χ3v) is 3.71. The third kappa shape index (κ3) is 3.91. The molecule has 20 heavy (non-hydrogen) atoms. The van der Waals surface area contributed by atoms with Gasteiger partial charge in [-0.3, -0.25) is 9.88 Å². The van der Waals surface area contributed by atoms with Gasteiger partial charge in [-0.2, -0.15) is 0 Å². The van der Waals surface area contributed by atoms with Crippen LogP contribution in [0.4, 0.5) is 0 Å². The first kappa shape index (κ1) is 14.7. The molecule has 1 fully saturated rings. The first-order valence-electron chi connectivity index (χ1n) is 6.87. The van der Waals surface area contributed by atoms with Gasteiger partial charge >= 0.3 is 0 Å². The Kier molecular flexibility index (Phi) is 5.31. The van der Waals surface area contributed by atoms with E-state index >= 15 is 0 Å². The van der Waals surface area contributed by atoms with E-state index < -0.39 is 0 Å². The lowest BCUT2D eigenvalue weighted by molar-refractivity contribution is 0.0968. The number of likely N-dealkylation sites (tertiary alicyclic amines) is 1. The molecule has 0 saturated carbocycles. The van der Waals surface area contributed by atoms with Crippen LogP contribution in [0.5, 0.6) is 0 Å². The minimum absolute atomic E-state index is 0.0469. The Bertz CT molecular complexity index is 456. The fraction of sp³-hybridized carbons (Fsp3) is 0.571. The summed E-state index contributed by atoms with van der Waals surface area (Å²) in [5.74, 6) is 0.729. The van der Waals surface area contributed by atoms with E-state index in [1.807, 2.05) is 12.1 Å². The maximum absolute atomic E-state index is 8.68. The summed E-state index contributed by atoms with van der Waals surface area (Å²) in [5, 5.41) is 11.7. The van der Waals surface area contributed by atoms with Crippen LogP contribution in [0.2, 0.25) is 0 Å². The number of hydrogen-bond acceptors (Lipinski definition) is 5. The fourth-order valence-corrected chi connectivity index (χ4v) is 2.57. The number of pyridine rings is 1. The lowest BCUT2D eigenvalue weighted by Gasteiger charge is -2.31. The van der Waals surface area contributed by atoms with Crippen LogP contribution in [0, 0.1) is 5.92 Å². The quantitative estimate of drug-likeness (QED) is 0.364. The highest BCUT2D eigenvalue weighted by molar-refractivity contribution is 5.95. The first-order valence-corrected chi connectivity index (χ1v) is 6.87. The van der Waals surface area contributed by atoms with Crippen molar-refractivity contribution < 1.29 is 9.94 Å². The second-order valence-corrected chi connectivity index (χ2v) is 5.21. The molecule has 2 heterocycles. The Morgan fingerprint density at radius 2 is 2.30 bits per heavy atom. The molecular formula is C14H22N4O2. The van der Waals surface area contributed by atoms with Gasteiger partial charge in [-0.05, 0) is 49.5 Å². The summed E-state index contributed by atoms with van der Waals surface area (Å²) >= 11 is 0. The molecule has 0 unspecified atom stereocenters. The molecule has 0 radical (unpaired) electrons. The zero-order valence-corrected chi connectivity index (χ0v) is 11.8. The molecule has 1 aromatic heterocycles. The number of aromatic nitrogens is 1. The topological polar surface area (TPSA) is 84.0 Å². The van der Waals surface area contributed by atoms with Crippen molar-refractivity contribution in [3.05, 3.63) is 29.6 Å². The molecule has 0 atom stereocenters. The van der Waals surface area contributed by atoms with Crippen LogP contribution < -0.4 is 5.73 Å². The Morgan fingerprint density at radius 1 is 1.55 bits per heavy atom. The normalized spacial score (nSPS) is 18.4. The Balaban J connectivity index is 1.91. The summed E-state index contributed by atoms with van der Waals surface area (Å²) in [6.07, 6.45) is 4.04. The molecule has 1 aliphatic heterocycles. The summed E-state index contributed by atoms with van der Waals surface area (Å²) < 4.78 is 5.21. The highest BCUT2D eigenvalue weighted by Crippen LogP contribution is 2.19. The summed E-state index contributed by atoms with van der Waals surface area (Å²) in [5.41, 5.74) is 7.20. The minimum Gasteiger partial charge on any atom is -0.409 e. The second-order valence-electron chi connectivity index (χ2n) is 5.21. The highest BCUT2D eigenvalue weighted by Gasteiger charge is 2.19. The first-order chi connectivity index (χ1) is 9.72. The van der Waals surface area contributed by atoms with Gasteiger partial charge in [0.05, 0.1) is 0 Å². The Morgan fingerprint density at radius 3 is 2.95 bits per heavy atom. The molecule has 6 heteroatoms. The van der Waals surface area contributed by atoms with Gasteiger partial charge < -0.3 is 15.7 Å². The number of ether oxygens (including phenoxy) is 1. The van der Waals surface area contributed by atoms with Crippen LogP contribution >= 0.6 is 0 Å². The molecular weight excluding hydrogens is 256 g/mol. The zero-order chi connectivity index (χ0) is 14.4. The van der Waals surface area contributed by atoms with E-state index in [0.29, 0.717) is 11.6 Å². The predicted octanol–water partition coefficient (Wildman–Crippen LogP) is 1.03. The smallest absolute Gasteiger partial charge is 0.188 e. The van der Waals surface area contributed by atoms with Crippen LogP contribution in [0.1, 0.15) is 24.1 Å². The van der Waals surface area contributed by atoms with Crippen LogP contribution in [0.25, 0.3) is 0 Å². The van der Waals surface area contributed by atoms with Crippen molar-refractivity contribution in [2.24, 2.45) is 16.8 Å². The molecule has 1 aromatic rings. The molecule has 0 amide bonds. The highest BCUT2D eigenvalue weighted by atomic mass is 16.5. The molecule has 1 aliphatic rings. The van der Waals surface area contributed by atoms with Crippen LogP contribution in [0.3, 0.4) is 0 Å². The van der Waals surface area contributed by atoms with E-state index in [9.17, 15) is 0 Å². The monoisotopic (exact) mass is 278 g/mol. The lowest BCUT2D eigenvalue weighted by atomic mass is 9.97. The molecule has 110 valence electrons. The van der Waals surface area contributed by atoms with Crippen molar-refractivity contribution in [2.75, 3.05) is 26.8 Å². The number of piperidine rings is 1. The maximum atomic E-state index is 8.68. The fourth-order valence-electron chi connectivity index (χ4n) is 2.57. The summed E-state index contributed by atoms with van der Waals surface area (Å²) in [7, 11) is 1.76. The van der Waals surface area contributed by atoms with E-state index in [4.69, 9.17) is 15.7 Å². The summed E-state index contributed by atoms with van der Waals surface area (Å²) in [6.45, 7) is 3.88. The SMILES string of the molecule is COCC1CCN(Cc2ccnc(C(N)=NO)c2)CC1. The van der Waals surface area contributed by atoms with Gasteiger partial charge in [0.15, 0.2) is 5.84 Å². The number of methoxy groups -OCH3 is 1.